The summed E-state index contributed by atoms with van der Waals surface area (Å²) in [5.74, 6) is -0.651. The monoisotopic (exact) mass is 350 g/mol. The van der Waals surface area contributed by atoms with Crippen LogP contribution in [-0.4, -0.2) is 16.1 Å². The minimum absolute atomic E-state index is 0.282. The predicted molar refractivity (Wildman–Crippen MR) is 94.2 cm³/mol. The van der Waals surface area contributed by atoms with Gasteiger partial charge in [0.1, 0.15) is 11.9 Å². The second-order valence-electron chi connectivity index (χ2n) is 4.95. The summed E-state index contributed by atoms with van der Waals surface area (Å²) >= 11 is 1.09. The van der Waals surface area contributed by atoms with Crippen molar-refractivity contribution in [2.45, 2.75) is 0 Å². The van der Waals surface area contributed by atoms with Crippen LogP contribution >= 0.6 is 11.3 Å². The molecule has 2 aromatic carbocycles. The molecule has 1 N–H and O–H groups in total. The number of halogens is 1. The number of rotatable bonds is 4. The van der Waals surface area contributed by atoms with Gasteiger partial charge in [0, 0.05) is 5.56 Å². The Bertz CT molecular complexity index is 959. The van der Waals surface area contributed by atoms with Gasteiger partial charge >= 0.3 is 0 Å². The number of carbonyl (C=O) groups is 1. The molecule has 0 aliphatic heterocycles. The SMILES string of the molecule is N#C/C(=C/c1ccc(F)cc1)c1nnc(NC(=O)c2ccccc2)s1. The number of benzene rings is 2. The van der Waals surface area contributed by atoms with Crippen molar-refractivity contribution in [2.75, 3.05) is 5.32 Å². The van der Waals surface area contributed by atoms with Gasteiger partial charge in [-0.2, -0.15) is 5.26 Å². The number of amides is 1. The Kier molecular flexibility index (Phi) is 4.92. The average molecular weight is 350 g/mol. The first kappa shape index (κ1) is 16.5. The first-order chi connectivity index (χ1) is 12.2. The molecular formula is C18H11FN4OS. The maximum Gasteiger partial charge on any atom is 0.257 e. The summed E-state index contributed by atoms with van der Waals surface area (Å²) in [6, 6.07) is 16.5. The molecule has 122 valence electrons. The lowest BCUT2D eigenvalue weighted by molar-refractivity contribution is 0.102. The fraction of sp³-hybridized carbons (Fsp3) is 0. The molecule has 0 saturated carbocycles. The van der Waals surface area contributed by atoms with E-state index in [9.17, 15) is 14.4 Å². The second-order valence-corrected chi connectivity index (χ2v) is 5.93. The van der Waals surface area contributed by atoms with Crippen molar-refractivity contribution in [2.24, 2.45) is 0 Å². The zero-order chi connectivity index (χ0) is 17.6. The van der Waals surface area contributed by atoms with Gasteiger partial charge in [0.05, 0.1) is 5.57 Å². The van der Waals surface area contributed by atoms with E-state index < -0.39 is 0 Å². The molecule has 3 rings (SSSR count). The molecule has 0 spiro atoms. The van der Waals surface area contributed by atoms with E-state index in [2.05, 4.69) is 15.5 Å². The molecule has 0 bridgehead atoms. The van der Waals surface area contributed by atoms with Crippen molar-refractivity contribution in [3.05, 3.63) is 76.5 Å². The van der Waals surface area contributed by atoms with E-state index in [-0.39, 0.29) is 17.3 Å². The summed E-state index contributed by atoms with van der Waals surface area (Å²) in [6.45, 7) is 0. The Balaban J connectivity index is 1.79. The molecule has 1 heterocycles. The maximum atomic E-state index is 12.9. The number of nitriles is 1. The molecule has 25 heavy (non-hydrogen) atoms. The molecule has 7 heteroatoms. The van der Waals surface area contributed by atoms with Crippen LogP contribution in [0.2, 0.25) is 0 Å². The van der Waals surface area contributed by atoms with E-state index in [0.717, 1.165) is 11.3 Å². The molecule has 0 radical (unpaired) electrons. The first-order valence-electron chi connectivity index (χ1n) is 7.23. The summed E-state index contributed by atoms with van der Waals surface area (Å²) in [5.41, 5.74) is 1.45. The number of allylic oxidation sites excluding steroid dienone is 1. The molecule has 0 atom stereocenters. The summed E-state index contributed by atoms with van der Waals surface area (Å²) in [7, 11) is 0. The van der Waals surface area contributed by atoms with Gasteiger partial charge < -0.3 is 0 Å². The van der Waals surface area contributed by atoms with Crippen LogP contribution in [-0.2, 0) is 0 Å². The van der Waals surface area contributed by atoms with Crippen molar-refractivity contribution in [1.82, 2.24) is 10.2 Å². The number of hydrogen-bond acceptors (Lipinski definition) is 5. The number of anilines is 1. The third kappa shape index (κ3) is 4.13. The van der Waals surface area contributed by atoms with Gasteiger partial charge in [0.2, 0.25) is 5.13 Å². The van der Waals surface area contributed by atoms with Crippen LogP contribution in [0.25, 0.3) is 11.6 Å². The molecular weight excluding hydrogens is 339 g/mol. The Labute approximate surface area is 147 Å². The Morgan fingerprint density at radius 2 is 1.84 bits per heavy atom. The summed E-state index contributed by atoms with van der Waals surface area (Å²) in [6.07, 6.45) is 1.59. The lowest BCUT2D eigenvalue weighted by atomic mass is 10.1. The van der Waals surface area contributed by atoms with E-state index in [0.29, 0.717) is 21.3 Å². The average Bonchev–Trinajstić information content (AvgIpc) is 3.10. The largest absolute Gasteiger partial charge is 0.296 e. The maximum absolute atomic E-state index is 12.9. The molecule has 0 saturated heterocycles. The summed E-state index contributed by atoms with van der Waals surface area (Å²) in [5, 5.41) is 20.5. The highest BCUT2D eigenvalue weighted by Gasteiger charge is 2.12. The Morgan fingerprint density at radius 3 is 2.52 bits per heavy atom. The van der Waals surface area contributed by atoms with Gasteiger partial charge in [-0.3, -0.25) is 10.1 Å². The second kappa shape index (κ2) is 7.47. The molecule has 0 aliphatic rings. The van der Waals surface area contributed by atoms with Crippen LogP contribution < -0.4 is 5.32 Å². The standard InChI is InChI=1S/C18H11FN4OS/c19-15-8-6-12(7-9-15)10-14(11-20)17-22-23-18(25-17)21-16(24)13-4-2-1-3-5-13/h1-10H,(H,21,23,24)/b14-10-. The zero-order valence-corrected chi connectivity index (χ0v) is 13.6. The van der Waals surface area contributed by atoms with Crippen LogP contribution in [0, 0.1) is 17.1 Å². The molecule has 1 amide bonds. The van der Waals surface area contributed by atoms with Crippen molar-refractivity contribution in [3.63, 3.8) is 0 Å². The topological polar surface area (TPSA) is 78.7 Å². The van der Waals surface area contributed by atoms with Gasteiger partial charge in [0.25, 0.3) is 5.91 Å². The normalized spacial score (nSPS) is 11.0. The number of carbonyl (C=O) groups excluding carboxylic acids is 1. The van der Waals surface area contributed by atoms with Gasteiger partial charge in [-0.25, -0.2) is 4.39 Å². The third-order valence-corrected chi connectivity index (χ3v) is 4.09. The molecule has 0 aliphatic carbocycles. The number of nitrogens with one attached hydrogen (secondary N) is 1. The molecule has 5 nitrogen and oxygen atoms in total. The minimum atomic E-state index is -0.350. The summed E-state index contributed by atoms with van der Waals surface area (Å²) in [4.78, 5) is 12.1. The van der Waals surface area contributed by atoms with E-state index in [1.165, 1.54) is 12.1 Å². The van der Waals surface area contributed by atoms with Gasteiger partial charge in [-0.15, -0.1) is 10.2 Å². The van der Waals surface area contributed by atoms with Crippen molar-refractivity contribution < 1.29 is 9.18 Å². The van der Waals surface area contributed by atoms with Crippen LogP contribution in [0.15, 0.2) is 54.6 Å². The van der Waals surface area contributed by atoms with Crippen LogP contribution in [0.5, 0.6) is 0 Å². The van der Waals surface area contributed by atoms with Gasteiger partial charge in [-0.1, -0.05) is 41.7 Å². The van der Waals surface area contributed by atoms with E-state index in [1.807, 2.05) is 12.1 Å². The predicted octanol–water partition coefficient (Wildman–Crippen LogP) is 3.99. The molecule has 3 aromatic rings. The number of nitrogens with zero attached hydrogens (tertiary/aromatic N) is 3. The van der Waals surface area contributed by atoms with E-state index in [4.69, 9.17) is 0 Å². The van der Waals surface area contributed by atoms with Crippen LogP contribution in [0.4, 0.5) is 9.52 Å². The smallest absolute Gasteiger partial charge is 0.257 e. The lowest BCUT2D eigenvalue weighted by Crippen LogP contribution is -2.11. The van der Waals surface area contributed by atoms with Gasteiger partial charge in [-0.05, 0) is 35.9 Å². The Hall–Kier alpha value is -3.37. The van der Waals surface area contributed by atoms with E-state index in [1.54, 1.807) is 42.5 Å². The Morgan fingerprint density at radius 1 is 1.12 bits per heavy atom. The fourth-order valence-electron chi connectivity index (χ4n) is 2.01. The van der Waals surface area contributed by atoms with Crippen molar-refractivity contribution in [1.29, 1.82) is 5.26 Å². The van der Waals surface area contributed by atoms with Crippen LogP contribution in [0.3, 0.4) is 0 Å². The lowest BCUT2D eigenvalue weighted by Gasteiger charge is -1.99. The first-order valence-corrected chi connectivity index (χ1v) is 8.05. The molecule has 0 fully saturated rings. The van der Waals surface area contributed by atoms with Crippen molar-refractivity contribution >= 4 is 34.0 Å². The van der Waals surface area contributed by atoms with Gasteiger partial charge in [0.15, 0.2) is 5.01 Å². The van der Waals surface area contributed by atoms with Crippen molar-refractivity contribution in [3.8, 4) is 6.07 Å². The highest BCUT2D eigenvalue weighted by atomic mass is 32.1. The zero-order valence-electron chi connectivity index (χ0n) is 12.8. The fourth-order valence-corrected chi connectivity index (χ4v) is 2.71. The van der Waals surface area contributed by atoms with E-state index >= 15 is 0 Å². The number of hydrogen-bond donors (Lipinski definition) is 1. The third-order valence-electron chi connectivity index (χ3n) is 3.21. The summed E-state index contributed by atoms with van der Waals surface area (Å²) < 4.78 is 12.9. The quantitative estimate of drug-likeness (QED) is 0.722. The molecule has 0 unspecified atom stereocenters. The molecule has 1 aromatic heterocycles. The number of aromatic nitrogens is 2. The highest BCUT2D eigenvalue weighted by Crippen LogP contribution is 2.24. The minimum Gasteiger partial charge on any atom is -0.296 e. The van der Waals surface area contributed by atoms with Crippen LogP contribution in [0.1, 0.15) is 20.9 Å². The highest BCUT2D eigenvalue weighted by molar-refractivity contribution is 7.16.